The lowest BCUT2D eigenvalue weighted by Gasteiger charge is -2.41. The second-order valence-corrected chi connectivity index (χ2v) is 9.15. The van der Waals surface area contributed by atoms with Crippen molar-refractivity contribution in [3.05, 3.63) is 23.8 Å². The van der Waals surface area contributed by atoms with Crippen molar-refractivity contribution in [1.82, 2.24) is 9.80 Å². The number of piperidine rings is 2. The number of rotatable bonds is 5. The van der Waals surface area contributed by atoms with Crippen molar-refractivity contribution in [2.45, 2.75) is 63.7 Å². The lowest BCUT2D eigenvalue weighted by atomic mass is 9.99. The first-order valence-corrected chi connectivity index (χ1v) is 10.9. The van der Waals surface area contributed by atoms with Crippen LogP contribution < -0.4 is 9.47 Å². The topological polar surface area (TPSA) is 51.2 Å². The van der Waals surface area contributed by atoms with Crippen LogP contribution >= 0.6 is 0 Å². The smallest absolute Gasteiger partial charge is 0.260 e. The molecular formula is C23H34N2O4. The zero-order valence-corrected chi connectivity index (χ0v) is 18.0. The van der Waals surface area contributed by atoms with Crippen LogP contribution in [0.1, 0.15) is 45.1 Å². The van der Waals surface area contributed by atoms with Crippen molar-refractivity contribution in [2.24, 2.45) is 0 Å². The van der Waals surface area contributed by atoms with E-state index >= 15 is 0 Å². The van der Waals surface area contributed by atoms with Gasteiger partial charge in [0.2, 0.25) is 0 Å². The monoisotopic (exact) mass is 402 g/mol. The molecule has 1 aromatic carbocycles. The molecule has 0 aliphatic carbocycles. The molecule has 4 rings (SSSR count). The molecule has 160 valence electrons. The molecule has 6 nitrogen and oxygen atoms in total. The molecule has 3 aliphatic rings. The Bertz CT molecular complexity index is 720. The Labute approximate surface area is 174 Å². The number of carbonyl (C=O) groups excluding carboxylic acids is 1. The molecule has 0 bridgehead atoms. The van der Waals surface area contributed by atoms with E-state index in [0.29, 0.717) is 17.9 Å². The number of hydrogen-bond donors (Lipinski definition) is 0. The van der Waals surface area contributed by atoms with Gasteiger partial charge in [0.25, 0.3) is 5.91 Å². The second-order valence-electron chi connectivity index (χ2n) is 9.15. The fourth-order valence-electron chi connectivity index (χ4n) is 4.89. The minimum atomic E-state index is -0.217. The van der Waals surface area contributed by atoms with Gasteiger partial charge in [0.15, 0.2) is 18.1 Å². The number of carbonyl (C=O) groups is 1. The molecule has 0 unspecified atom stereocenters. The summed E-state index contributed by atoms with van der Waals surface area (Å²) in [4.78, 5) is 17.2. The van der Waals surface area contributed by atoms with Crippen molar-refractivity contribution in [2.75, 3.05) is 39.9 Å². The molecule has 29 heavy (non-hydrogen) atoms. The first-order chi connectivity index (χ1) is 13.9. The summed E-state index contributed by atoms with van der Waals surface area (Å²) < 4.78 is 17.4. The van der Waals surface area contributed by atoms with Crippen molar-refractivity contribution in [1.29, 1.82) is 0 Å². The summed E-state index contributed by atoms with van der Waals surface area (Å²) in [5, 5.41) is 0. The van der Waals surface area contributed by atoms with Gasteiger partial charge in [-0.25, -0.2) is 0 Å². The number of methoxy groups -OCH3 is 1. The Hall–Kier alpha value is -1.79. The Balaban J connectivity index is 1.25. The lowest BCUT2D eigenvalue weighted by molar-refractivity contribution is -0.135. The number of para-hydroxylation sites is 1. The SMILES string of the molecule is COC1CCN(C2CCN(C(=O)COc3cccc4c3OC(C)(C)C4)CC2)CC1. The van der Waals surface area contributed by atoms with Gasteiger partial charge in [0, 0.05) is 51.3 Å². The summed E-state index contributed by atoms with van der Waals surface area (Å²) in [6.45, 7) is 8.06. The molecule has 3 aliphatic heterocycles. The number of ether oxygens (including phenoxy) is 3. The van der Waals surface area contributed by atoms with Crippen LogP contribution in [-0.2, 0) is 16.0 Å². The third kappa shape index (κ3) is 4.69. The highest BCUT2D eigenvalue weighted by Crippen LogP contribution is 2.41. The molecule has 2 saturated heterocycles. The van der Waals surface area contributed by atoms with E-state index in [0.717, 1.165) is 69.6 Å². The number of likely N-dealkylation sites (tertiary alicyclic amines) is 2. The summed E-state index contributed by atoms with van der Waals surface area (Å²) in [6.07, 6.45) is 5.60. The average Bonchev–Trinajstić information content (AvgIpc) is 3.06. The van der Waals surface area contributed by atoms with Crippen LogP contribution in [0, 0.1) is 0 Å². The minimum Gasteiger partial charge on any atom is -0.483 e. The molecule has 1 aromatic rings. The molecule has 3 heterocycles. The van der Waals surface area contributed by atoms with Gasteiger partial charge < -0.3 is 24.0 Å². The largest absolute Gasteiger partial charge is 0.483 e. The van der Waals surface area contributed by atoms with Gasteiger partial charge in [0.1, 0.15) is 5.60 Å². The second kappa shape index (κ2) is 8.52. The first kappa shape index (κ1) is 20.5. The Morgan fingerprint density at radius 1 is 1.14 bits per heavy atom. The molecule has 1 amide bonds. The summed E-state index contributed by atoms with van der Waals surface area (Å²) in [5.41, 5.74) is 0.934. The summed E-state index contributed by atoms with van der Waals surface area (Å²) in [6, 6.07) is 6.52. The molecule has 0 aromatic heterocycles. The van der Waals surface area contributed by atoms with Crippen LogP contribution in [0.5, 0.6) is 11.5 Å². The van der Waals surface area contributed by atoms with Gasteiger partial charge in [0.05, 0.1) is 6.10 Å². The normalized spacial score (nSPS) is 22.9. The minimum absolute atomic E-state index is 0.0661. The van der Waals surface area contributed by atoms with E-state index in [1.807, 2.05) is 24.1 Å². The molecule has 0 radical (unpaired) electrons. The Morgan fingerprint density at radius 3 is 2.55 bits per heavy atom. The van der Waals surface area contributed by atoms with Gasteiger partial charge in [-0.15, -0.1) is 0 Å². The van der Waals surface area contributed by atoms with Crippen molar-refractivity contribution < 1.29 is 19.0 Å². The number of amides is 1. The summed E-state index contributed by atoms with van der Waals surface area (Å²) in [5.74, 6) is 1.54. The van der Waals surface area contributed by atoms with E-state index in [1.165, 1.54) is 0 Å². The zero-order valence-electron chi connectivity index (χ0n) is 18.0. The predicted molar refractivity (Wildman–Crippen MR) is 112 cm³/mol. The van der Waals surface area contributed by atoms with Crippen LogP contribution in [0.3, 0.4) is 0 Å². The average molecular weight is 403 g/mol. The zero-order chi connectivity index (χ0) is 20.4. The quantitative estimate of drug-likeness (QED) is 0.758. The predicted octanol–water partition coefficient (Wildman–Crippen LogP) is 2.88. The van der Waals surface area contributed by atoms with Crippen LogP contribution in [0.2, 0.25) is 0 Å². The number of nitrogens with zero attached hydrogens (tertiary/aromatic N) is 2. The summed E-state index contributed by atoms with van der Waals surface area (Å²) >= 11 is 0. The highest BCUT2D eigenvalue weighted by Gasteiger charge is 2.33. The first-order valence-electron chi connectivity index (χ1n) is 10.9. The van der Waals surface area contributed by atoms with Crippen molar-refractivity contribution >= 4 is 5.91 Å². The lowest BCUT2D eigenvalue weighted by Crippen LogP contribution is -2.50. The van der Waals surface area contributed by atoms with Gasteiger partial charge in [-0.05, 0) is 45.6 Å². The molecule has 2 fully saturated rings. The van der Waals surface area contributed by atoms with Crippen LogP contribution in [0.25, 0.3) is 0 Å². The van der Waals surface area contributed by atoms with E-state index in [4.69, 9.17) is 14.2 Å². The molecule has 0 saturated carbocycles. The van der Waals surface area contributed by atoms with Gasteiger partial charge in [-0.3, -0.25) is 4.79 Å². The maximum absolute atomic E-state index is 12.7. The van der Waals surface area contributed by atoms with Crippen molar-refractivity contribution in [3.8, 4) is 11.5 Å². The number of benzene rings is 1. The van der Waals surface area contributed by atoms with E-state index in [1.54, 1.807) is 0 Å². The van der Waals surface area contributed by atoms with E-state index in [-0.39, 0.29) is 18.1 Å². The maximum Gasteiger partial charge on any atom is 0.260 e. The molecule has 0 atom stereocenters. The summed E-state index contributed by atoms with van der Waals surface area (Å²) in [7, 11) is 1.81. The van der Waals surface area contributed by atoms with E-state index < -0.39 is 0 Å². The fraction of sp³-hybridized carbons (Fsp3) is 0.696. The molecule has 6 heteroatoms. The molecular weight excluding hydrogens is 368 g/mol. The maximum atomic E-state index is 12.7. The standard InChI is InChI=1S/C23H34N2O4/c1-23(2)15-17-5-4-6-20(22(17)29-23)28-16-21(26)25-11-7-18(8-12-25)24-13-9-19(27-3)10-14-24/h4-6,18-19H,7-16H2,1-3H3. The molecule has 0 N–H and O–H groups in total. The third-order valence-electron chi connectivity index (χ3n) is 6.55. The van der Waals surface area contributed by atoms with Crippen LogP contribution in [0.4, 0.5) is 0 Å². The fourth-order valence-corrected chi connectivity index (χ4v) is 4.89. The number of hydrogen-bond acceptors (Lipinski definition) is 5. The third-order valence-corrected chi connectivity index (χ3v) is 6.55. The number of fused-ring (bicyclic) bond motifs is 1. The van der Waals surface area contributed by atoms with Gasteiger partial charge >= 0.3 is 0 Å². The van der Waals surface area contributed by atoms with Gasteiger partial charge in [-0.2, -0.15) is 0 Å². The highest BCUT2D eigenvalue weighted by atomic mass is 16.5. The highest BCUT2D eigenvalue weighted by molar-refractivity contribution is 5.78. The van der Waals surface area contributed by atoms with Crippen LogP contribution in [0.15, 0.2) is 18.2 Å². The van der Waals surface area contributed by atoms with Crippen molar-refractivity contribution in [3.63, 3.8) is 0 Å². The van der Waals surface area contributed by atoms with E-state index in [9.17, 15) is 4.79 Å². The van der Waals surface area contributed by atoms with E-state index in [2.05, 4.69) is 24.8 Å². The van der Waals surface area contributed by atoms with Crippen LogP contribution in [-0.4, -0.2) is 73.3 Å². The Morgan fingerprint density at radius 2 is 1.86 bits per heavy atom. The Kier molecular flexibility index (Phi) is 6.02. The molecule has 0 spiro atoms. The van der Waals surface area contributed by atoms with Gasteiger partial charge in [-0.1, -0.05) is 12.1 Å².